The minimum absolute atomic E-state index is 0.164. The van der Waals surface area contributed by atoms with Crippen molar-refractivity contribution in [1.82, 2.24) is 0 Å². The quantitative estimate of drug-likeness (QED) is 0.869. The van der Waals surface area contributed by atoms with Crippen LogP contribution in [0.5, 0.6) is 0 Å². The fraction of sp³-hybridized carbons (Fsp3) is 0.533. The summed E-state index contributed by atoms with van der Waals surface area (Å²) in [4.78, 5) is 12.9. The number of aliphatic carboxylic acids is 1. The topological polar surface area (TPSA) is 40.5 Å². The van der Waals surface area contributed by atoms with Crippen LogP contribution in [0.15, 0.2) is 24.3 Å². The Bertz CT molecular complexity index is 427. The van der Waals surface area contributed by atoms with Crippen molar-refractivity contribution in [3.05, 3.63) is 29.8 Å². The molecule has 2 rings (SSSR count). The van der Waals surface area contributed by atoms with E-state index in [1.165, 1.54) is 5.56 Å². The van der Waals surface area contributed by atoms with Gasteiger partial charge < -0.3 is 10.0 Å². The number of carboxylic acids is 1. The number of nitrogens with zero attached hydrogens (tertiary/aromatic N) is 1. The molecule has 1 aliphatic carbocycles. The van der Waals surface area contributed by atoms with Gasteiger partial charge in [0.15, 0.2) is 0 Å². The molecule has 1 fully saturated rings. The smallest absolute Gasteiger partial charge is 0.308 e. The van der Waals surface area contributed by atoms with E-state index in [2.05, 4.69) is 43.0 Å². The molecule has 0 aromatic heterocycles. The summed E-state index contributed by atoms with van der Waals surface area (Å²) in [6.07, 6.45) is 1.90. The van der Waals surface area contributed by atoms with E-state index in [0.29, 0.717) is 5.92 Å². The molecule has 0 amide bonds. The van der Waals surface area contributed by atoms with Crippen molar-refractivity contribution in [2.24, 2.45) is 5.92 Å². The van der Waals surface area contributed by atoms with Crippen LogP contribution in [0.25, 0.3) is 0 Å². The number of benzene rings is 1. The third-order valence-electron chi connectivity index (χ3n) is 4.05. The Labute approximate surface area is 108 Å². The van der Waals surface area contributed by atoms with Crippen molar-refractivity contribution in [2.75, 3.05) is 11.9 Å². The minimum Gasteiger partial charge on any atom is -0.481 e. The van der Waals surface area contributed by atoms with Crippen LogP contribution in [-0.2, 0) is 4.79 Å². The molecule has 3 unspecified atom stereocenters. The van der Waals surface area contributed by atoms with Gasteiger partial charge in [0.1, 0.15) is 0 Å². The SMILES string of the molecule is CCC(C)c1ccc(N(C)C2CC2C(=O)O)cc1. The summed E-state index contributed by atoms with van der Waals surface area (Å²) in [5, 5.41) is 8.94. The highest BCUT2D eigenvalue weighted by molar-refractivity contribution is 5.76. The highest BCUT2D eigenvalue weighted by atomic mass is 16.4. The molecule has 1 aromatic rings. The second-order valence-electron chi connectivity index (χ2n) is 5.26. The number of hydrogen-bond donors (Lipinski definition) is 1. The maximum absolute atomic E-state index is 10.9. The Kier molecular flexibility index (Phi) is 3.60. The lowest BCUT2D eigenvalue weighted by Gasteiger charge is -2.20. The summed E-state index contributed by atoms with van der Waals surface area (Å²) in [7, 11) is 1.98. The van der Waals surface area contributed by atoms with Crippen LogP contribution in [0.1, 0.15) is 38.2 Å². The summed E-state index contributed by atoms with van der Waals surface area (Å²) in [5.41, 5.74) is 2.45. The molecule has 0 bridgehead atoms. The first-order valence-electron chi connectivity index (χ1n) is 6.60. The van der Waals surface area contributed by atoms with Gasteiger partial charge in [-0.05, 0) is 36.5 Å². The molecule has 0 aliphatic heterocycles. The number of hydrogen-bond acceptors (Lipinski definition) is 2. The first kappa shape index (κ1) is 12.9. The minimum atomic E-state index is -0.678. The molecule has 3 atom stereocenters. The molecule has 1 N–H and O–H groups in total. The molecule has 3 nitrogen and oxygen atoms in total. The predicted molar refractivity (Wildman–Crippen MR) is 73.1 cm³/mol. The summed E-state index contributed by atoms with van der Waals surface area (Å²) in [6, 6.07) is 8.66. The summed E-state index contributed by atoms with van der Waals surface area (Å²) in [6.45, 7) is 4.41. The van der Waals surface area contributed by atoms with E-state index < -0.39 is 5.97 Å². The van der Waals surface area contributed by atoms with Gasteiger partial charge in [0, 0.05) is 18.8 Å². The molecule has 1 aliphatic rings. The standard InChI is InChI=1S/C15H21NO2/c1-4-10(2)11-5-7-12(8-6-11)16(3)14-9-13(14)15(17)18/h5-8,10,13-14H,4,9H2,1-3H3,(H,17,18). The van der Waals surface area contributed by atoms with Crippen molar-refractivity contribution < 1.29 is 9.90 Å². The highest BCUT2D eigenvalue weighted by Gasteiger charge is 2.46. The van der Waals surface area contributed by atoms with Gasteiger partial charge in [-0.15, -0.1) is 0 Å². The largest absolute Gasteiger partial charge is 0.481 e. The van der Waals surface area contributed by atoms with Crippen LogP contribution in [-0.4, -0.2) is 24.2 Å². The monoisotopic (exact) mass is 247 g/mol. The van der Waals surface area contributed by atoms with Gasteiger partial charge in [-0.25, -0.2) is 0 Å². The molecule has 1 aromatic carbocycles. The van der Waals surface area contributed by atoms with E-state index in [-0.39, 0.29) is 12.0 Å². The first-order valence-corrected chi connectivity index (χ1v) is 6.60. The zero-order valence-electron chi connectivity index (χ0n) is 11.3. The van der Waals surface area contributed by atoms with Crippen molar-refractivity contribution in [3.63, 3.8) is 0 Å². The zero-order chi connectivity index (χ0) is 13.3. The molecular formula is C15H21NO2. The van der Waals surface area contributed by atoms with Crippen molar-refractivity contribution in [3.8, 4) is 0 Å². The van der Waals surface area contributed by atoms with Gasteiger partial charge in [-0.2, -0.15) is 0 Å². The van der Waals surface area contributed by atoms with E-state index in [1.807, 2.05) is 7.05 Å². The lowest BCUT2D eigenvalue weighted by atomic mass is 9.98. The third kappa shape index (κ3) is 2.50. The molecule has 0 saturated heterocycles. The second-order valence-corrected chi connectivity index (χ2v) is 5.26. The van der Waals surface area contributed by atoms with Crippen LogP contribution >= 0.6 is 0 Å². The number of anilines is 1. The van der Waals surface area contributed by atoms with E-state index >= 15 is 0 Å². The van der Waals surface area contributed by atoms with Crippen molar-refractivity contribution in [2.45, 2.75) is 38.6 Å². The summed E-state index contributed by atoms with van der Waals surface area (Å²) >= 11 is 0. The fourth-order valence-electron chi connectivity index (χ4n) is 2.34. The van der Waals surface area contributed by atoms with Crippen LogP contribution in [0.4, 0.5) is 5.69 Å². The number of rotatable bonds is 5. The molecule has 0 heterocycles. The normalized spacial score (nSPS) is 23.5. The van der Waals surface area contributed by atoms with Crippen molar-refractivity contribution in [1.29, 1.82) is 0 Å². The van der Waals surface area contributed by atoms with E-state index in [0.717, 1.165) is 18.5 Å². The van der Waals surface area contributed by atoms with Crippen LogP contribution < -0.4 is 4.90 Å². The van der Waals surface area contributed by atoms with Crippen LogP contribution in [0.2, 0.25) is 0 Å². The van der Waals surface area contributed by atoms with Gasteiger partial charge in [0.2, 0.25) is 0 Å². The van der Waals surface area contributed by atoms with E-state index in [1.54, 1.807) is 0 Å². The fourth-order valence-corrected chi connectivity index (χ4v) is 2.34. The molecule has 1 saturated carbocycles. The van der Waals surface area contributed by atoms with Gasteiger partial charge in [-0.3, -0.25) is 4.79 Å². The maximum atomic E-state index is 10.9. The zero-order valence-corrected chi connectivity index (χ0v) is 11.3. The van der Waals surface area contributed by atoms with Gasteiger partial charge in [0.05, 0.1) is 5.92 Å². The number of carboxylic acid groups (broad SMARTS) is 1. The lowest BCUT2D eigenvalue weighted by molar-refractivity contribution is -0.138. The Morgan fingerprint density at radius 1 is 1.44 bits per heavy atom. The third-order valence-corrected chi connectivity index (χ3v) is 4.05. The average Bonchev–Trinajstić information content (AvgIpc) is 3.17. The molecule has 0 spiro atoms. The summed E-state index contributed by atoms with van der Waals surface area (Å²) in [5.74, 6) is -0.288. The lowest BCUT2D eigenvalue weighted by Crippen LogP contribution is -2.23. The van der Waals surface area contributed by atoms with E-state index in [4.69, 9.17) is 5.11 Å². The van der Waals surface area contributed by atoms with E-state index in [9.17, 15) is 4.79 Å². The Balaban J connectivity index is 2.04. The second kappa shape index (κ2) is 5.01. The summed E-state index contributed by atoms with van der Waals surface area (Å²) < 4.78 is 0. The molecule has 18 heavy (non-hydrogen) atoms. The van der Waals surface area contributed by atoms with Crippen molar-refractivity contribution >= 4 is 11.7 Å². The van der Waals surface area contributed by atoms with Crippen LogP contribution in [0.3, 0.4) is 0 Å². The van der Waals surface area contributed by atoms with Crippen LogP contribution in [0, 0.1) is 5.92 Å². The Morgan fingerprint density at radius 3 is 2.50 bits per heavy atom. The van der Waals surface area contributed by atoms with Gasteiger partial charge in [-0.1, -0.05) is 26.0 Å². The Morgan fingerprint density at radius 2 is 2.06 bits per heavy atom. The molecule has 98 valence electrons. The Hall–Kier alpha value is -1.51. The average molecular weight is 247 g/mol. The number of carbonyl (C=O) groups is 1. The first-order chi connectivity index (χ1) is 8.54. The maximum Gasteiger partial charge on any atom is 0.308 e. The molecule has 3 heteroatoms. The molecule has 0 radical (unpaired) electrons. The van der Waals surface area contributed by atoms with Gasteiger partial charge in [0.25, 0.3) is 0 Å². The predicted octanol–water partition coefficient (Wildman–Crippen LogP) is 3.11. The molecular weight excluding hydrogens is 226 g/mol. The highest BCUT2D eigenvalue weighted by Crippen LogP contribution is 2.37. The van der Waals surface area contributed by atoms with Gasteiger partial charge >= 0.3 is 5.97 Å².